The summed E-state index contributed by atoms with van der Waals surface area (Å²) in [5.41, 5.74) is 6.54. The zero-order chi connectivity index (χ0) is 17.7. The molecule has 2 rings (SSSR count). The minimum absolute atomic E-state index is 0. The molecule has 0 amide bonds. The van der Waals surface area contributed by atoms with Crippen LogP contribution in [0.4, 0.5) is 23.2 Å². The molecule has 0 spiro atoms. The molecule has 0 aliphatic heterocycles. The second kappa shape index (κ2) is 8.74. The summed E-state index contributed by atoms with van der Waals surface area (Å²) < 4.78 is 53.1. The van der Waals surface area contributed by atoms with E-state index in [1.807, 2.05) is 0 Å². The number of ether oxygens (including phenoxy) is 1. The normalized spacial score (nSPS) is 11.6. The first-order chi connectivity index (χ1) is 11.2. The van der Waals surface area contributed by atoms with Gasteiger partial charge in [-0.25, -0.2) is 9.38 Å². The molecule has 0 radical (unpaired) electrons. The molecular formula is C15H14F4IN3O2. The Morgan fingerprint density at radius 2 is 1.80 bits per heavy atom. The minimum Gasteiger partial charge on any atom is -0.505 e. The number of nitrogens with one attached hydrogen (secondary N) is 1. The molecule has 5 nitrogen and oxygen atoms in total. The Morgan fingerprint density at radius 1 is 1.16 bits per heavy atom. The Morgan fingerprint density at radius 3 is 2.36 bits per heavy atom. The Bertz CT molecular complexity index is 737. The van der Waals surface area contributed by atoms with E-state index in [-0.39, 0.29) is 42.2 Å². The van der Waals surface area contributed by atoms with Crippen molar-refractivity contribution in [2.45, 2.75) is 12.9 Å². The number of anilines is 1. The lowest BCUT2D eigenvalue weighted by Crippen LogP contribution is -2.22. The molecule has 0 saturated heterocycles. The molecule has 25 heavy (non-hydrogen) atoms. The van der Waals surface area contributed by atoms with Crippen molar-refractivity contribution in [1.29, 1.82) is 0 Å². The number of guanidine groups is 1. The van der Waals surface area contributed by atoms with Gasteiger partial charge in [-0.1, -0.05) is 6.07 Å². The lowest BCUT2D eigenvalue weighted by Gasteiger charge is -2.10. The van der Waals surface area contributed by atoms with Crippen molar-refractivity contribution in [2.75, 3.05) is 5.32 Å². The van der Waals surface area contributed by atoms with E-state index in [0.29, 0.717) is 11.3 Å². The SMILES string of the molecule is I.NC(=NCc1ccc(O)c(F)c1)Nc1ccc(OC(F)(F)F)cc1. The second-order valence-corrected chi connectivity index (χ2v) is 4.68. The van der Waals surface area contributed by atoms with Crippen molar-refractivity contribution in [3.8, 4) is 11.5 Å². The maximum Gasteiger partial charge on any atom is 0.573 e. The number of phenols is 1. The number of hydrogen-bond acceptors (Lipinski definition) is 3. The van der Waals surface area contributed by atoms with E-state index in [9.17, 15) is 17.6 Å². The molecule has 136 valence electrons. The van der Waals surface area contributed by atoms with Crippen molar-refractivity contribution in [3.63, 3.8) is 0 Å². The highest BCUT2D eigenvalue weighted by Crippen LogP contribution is 2.24. The van der Waals surface area contributed by atoms with Gasteiger partial charge in [0.25, 0.3) is 0 Å². The number of aliphatic imine (C=N–C) groups is 1. The summed E-state index contributed by atoms with van der Waals surface area (Å²) in [7, 11) is 0. The van der Waals surface area contributed by atoms with E-state index in [4.69, 9.17) is 10.8 Å². The van der Waals surface area contributed by atoms with Gasteiger partial charge < -0.3 is 20.9 Å². The zero-order valence-corrected chi connectivity index (χ0v) is 14.9. The van der Waals surface area contributed by atoms with Gasteiger partial charge in [-0.05, 0) is 42.0 Å². The van der Waals surface area contributed by atoms with Crippen LogP contribution in [-0.2, 0) is 6.54 Å². The first-order valence-corrected chi connectivity index (χ1v) is 6.63. The molecule has 0 atom stereocenters. The van der Waals surface area contributed by atoms with Crippen LogP contribution in [0.5, 0.6) is 11.5 Å². The van der Waals surface area contributed by atoms with Crippen LogP contribution in [0.15, 0.2) is 47.5 Å². The molecule has 0 unspecified atom stereocenters. The van der Waals surface area contributed by atoms with Gasteiger partial charge in [0.05, 0.1) is 6.54 Å². The Labute approximate surface area is 157 Å². The highest BCUT2D eigenvalue weighted by Gasteiger charge is 2.30. The third kappa shape index (κ3) is 7.03. The number of alkyl halides is 3. The van der Waals surface area contributed by atoms with Crippen molar-refractivity contribution >= 4 is 35.6 Å². The van der Waals surface area contributed by atoms with Gasteiger partial charge in [-0.2, -0.15) is 0 Å². The first-order valence-electron chi connectivity index (χ1n) is 6.63. The number of phenolic OH excluding ortho intramolecular Hbond substituents is 1. The van der Waals surface area contributed by atoms with E-state index in [1.54, 1.807) is 0 Å². The fourth-order valence-electron chi connectivity index (χ4n) is 1.75. The Balaban J connectivity index is 0.00000312. The van der Waals surface area contributed by atoms with Crippen LogP contribution in [0.25, 0.3) is 0 Å². The summed E-state index contributed by atoms with van der Waals surface area (Å²) >= 11 is 0. The largest absolute Gasteiger partial charge is 0.573 e. The number of rotatable bonds is 4. The fourth-order valence-corrected chi connectivity index (χ4v) is 1.75. The third-order valence-corrected chi connectivity index (χ3v) is 2.80. The van der Waals surface area contributed by atoms with Gasteiger partial charge in [0.15, 0.2) is 17.5 Å². The van der Waals surface area contributed by atoms with Gasteiger partial charge in [-0.3, -0.25) is 0 Å². The van der Waals surface area contributed by atoms with Crippen LogP contribution in [-0.4, -0.2) is 17.4 Å². The number of aromatic hydroxyl groups is 1. The second-order valence-electron chi connectivity index (χ2n) is 4.68. The van der Waals surface area contributed by atoms with E-state index in [1.165, 1.54) is 24.3 Å². The zero-order valence-electron chi connectivity index (χ0n) is 12.5. The molecular weight excluding hydrogens is 457 g/mol. The maximum absolute atomic E-state index is 13.2. The van der Waals surface area contributed by atoms with Gasteiger partial charge in [0, 0.05) is 5.69 Å². The van der Waals surface area contributed by atoms with Gasteiger partial charge >= 0.3 is 6.36 Å². The smallest absolute Gasteiger partial charge is 0.505 e. The monoisotopic (exact) mass is 471 g/mol. The summed E-state index contributed by atoms with van der Waals surface area (Å²) in [4.78, 5) is 3.97. The average molecular weight is 471 g/mol. The predicted molar refractivity (Wildman–Crippen MR) is 95.6 cm³/mol. The van der Waals surface area contributed by atoms with Crippen molar-refractivity contribution in [3.05, 3.63) is 53.8 Å². The molecule has 0 fully saturated rings. The molecule has 2 aromatic carbocycles. The minimum atomic E-state index is -4.76. The van der Waals surface area contributed by atoms with Gasteiger partial charge in [0.1, 0.15) is 5.75 Å². The molecule has 0 aliphatic rings. The van der Waals surface area contributed by atoms with Crippen LogP contribution < -0.4 is 15.8 Å². The van der Waals surface area contributed by atoms with E-state index in [2.05, 4.69) is 15.0 Å². The summed E-state index contributed by atoms with van der Waals surface area (Å²) in [6, 6.07) is 8.72. The number of halogens is 5. The summed E-state index contributed by atoms with van der Waals surface area (Å²) in [5, 5.41) is 11.8. The molecule has 10 heteroatoms. The molecule has 2 aromatic rings. The number of nitrogens with two attached hydrogens (primary N) is 1. The first kappa shape index (κ1) is 20.8. The highest BCUT2D eigenvalue weighted by molar-refractivity contribution is 14.0. The molecule has 0 saturated carbocycles. The predicted octanol–water partition coefficient (Wildman–Crippen LogP) is 3.97. The molecule has 0 heterocycles. The van der Waals surface area contributed by atoms with Crippen LogP contribution >= 0.6 is 24.0 Å². The van der Waals surface area contributed by atoms with Crippen molar-refractivity contribution < 1.29 is 27.4 Å². The molecule has 0 aliphatic carbocycles. The van der Waals surface area contributed by atoms with Crippen molar-refractivity contribution in [2.24, 2.45) is 10.7 Å². The van der Waals surface area contributed by atoms with Crippen molar-refractivity contribution in [1.82, 2.24) is 0 Å². The summed E-state index contributed by atoms with van der Waals surface area (Å²) in [6.07, 6.45) is -4.76. The Kier molecular flexibility index (Phi) is 7.27. The maximum atomic E-state index is 13.2. The topological polar surface area (TPSA) is 79.9 Å². The quantitative estimate of drug-likeness (QED) is 0.273. The summed E-state index contributed by atoms with van der Waals surface area (Å²) in [6.45, 7) is 0.0608. The van der Waals surface area contributed by atoms with E-state index < -0.39 is 17.9 Å². The number of hydrogen-bond donors (Lipinski definition) is 3. The van der Waals surface area contributed by atoms with Crippen LogP contribution in [0.1, 0.15) is 5.56 Å². The number of benzene rings is 2. The molecule has 4 N–H and O–H groups in total. The number of nitrogens with zero attached hydrogens (tertiary/aromatic N) is 1. The van der Waals surface area contributed by atoms with Gasteiger partial charge in [0.2, 0.25) is 0 Å². The van der Waals surface area contributed by atoms with E-state index >= 15 is 0 Å². The summed E-state index contributed by atoms with van der Waals surface area (Å²) in [5.74, 6) is -1.60. The standard InChI is InChI=1S/C15H13F4N3O2.HI/c16-12-7-9(1-6-13(12)23)8-21-14(20)22-10-2-4-11(5-3-10)24-15(17,18)19;/h1-7,23H,8H2,(H3,20,21,22);1H. The fraction of sp³-hybridized carbons (Fsp3) is 0.133. The van der Waals surface area contributed by atoms with Gasteiger partial charge in [-0.15, -0.1) is 37.1 Å². The lowest BCUT2D eigenvalue weighted by molar-refractivity contribution is -0.274. The molecule has 0 bridgehead atoms. The average Bonchev–Trinajstić information content (AvgIpc) is 2.49. The highest BCUT2D eigenvalue weighted by atomic mass is 127. The Hall–Kier alpha value is -2.24. The van der Waals surface area contributed by atoms with Crippen LogP contribution in [0, 0.1) is 5.82 Å². The van der Waals surface area contributed by atoms with E-state index in [0.717, 1.165) is 18.2 Å². The molecule has 0 aromatic heterocycles. The van der Waals surface area contributed by atoms with Crippen LogP contribution in [0.3, 0.4) is 0 Å². The third-order valence-electron chi connectivity index (χ3n) is 2.80. The lowest BCUT2D eigenvalue weighted by atomic mass is 10.2. The van der Waals surface area contributed by atoms with Crippen LogP contribution in [0.2, 0.25) is 0 Å².